The van der Waals surface area contributed by atoms with Crippen LogP contribution in [0.5, 0.6) is 0 Å². The van der Waals surface area contributed by atoms with E-state index in [0.717, 1.165) is 23.9 Å². The van der Waals surface area contributed by atoms with Crippen molar-refractivity contribution in [3.05, 3.63) is 28.8 Å². The zero-order valence-electron chi connectivity index (χ0n) is 8.38. The highest BCUT2D eigenvalue weighted by Gasteiger charge is 2.40. The lowest BCUT2D eigenvalue weighted by atomic mass is 10.2. The van der Waals surface area contributed by atoms with Gasteiger partial charge < -0.3 is 9.55 Å². The second kappa shape index (κ2) is 2.70. The predicted octanol–water partition coefficient (Wildman–Crippen LogP) is 3.35. The molecule has 0 unspecified atom stereocenters. The number of benzene rings is 1. The minimum Gasteiger partial charge on any atom is -0.330 e. The molecule has 0 aliphatic heterocycles. The highest BCUT2D eigenvalue weighted by Crippen LogP contribution is 2.44. The van der Waals surface area contributed by atoms with Crippen molar-refractivity contribution in [2.45, 2.75) is 25.3 Å². The molecule has 1 heterocycles. The van der Waals surface area contributed by atoms with Gasteiger partial charge in [0, 0.05) is 5.54 Å². The van der Waals surface area contributed by atoms with Crippen molar-refractivity contribution >= 4 is 23.3 Å². The molecule has 1 aliphatic carbocycles. The van der Waals surface area contributed by atoms with Crippen molar-refractivity contribution in [3.63, 3.8) is 0 Å². The summed E-state index contributed by atoms with van der Waals surface area (Å²) in [7, 11) is 0. The molecular formula is C11H11FN2S. The van der Waals surface area contributed by atoms with Crippen LogP contribution in [-0.4, -0.2) is 9.55 Å². The first-order valence-electron chi connectivity index (χ1n) is 5.01. The van der Waals surface area contributed by atoms with Gasteiger partial charge in [-0.25, -0.2) is 4.39 Å². The molecule has 0 radical (unpaired) electrons. The minimum absolute atomic E-state index is 0.146. The van der Waals surface area contributed by atoms with E-state index in [1.807, 2.05) is 0 Å². The zero-order chi connectivity index (χ0) is 10.6. The van der Waals surface area contributed by atoms with Crippen molar-refractivity contribution in [3.8, 4) is 0 Å². The largest absolute Gasteiger partial charge is 0.330 e. The van der Waals surface area contributed by atoms with E-state index in [4.69, 9.17) is 12.2 Å². The van der Waals surface area contributed by atoms with Crippen molar-refractivity contribution in [1.29, 1.82) is 0 Å². The molecular weight excluding hydrogens is 211 g/mol. The Hall–Kier alpha value is -1.16. The number of H-pyrrole nitrogens is 1. The maximum absolute atomic E-state index is 13.0. The molecule has 4 heteroatoms. The average Bonchev–Trinajstić information content (AvgIpc) is 2.79. The first-order chi connectivity index (χ1) is 7.10. The van der Waals surface area contributed by atoms with Gasteiger partial charge in [-0.2, -0.15) is 0 Å². The van der Waals surface area contributed by atoms with Crippen LogP contribution in [0, 0.1) is 10.6 Å². The third kappa shape index (κ3) is 1.24. The predicted molar refractivity (Wildman–Crippen MR) is 60.0 cm³/mol. The van der Waals surface area contributed by atoms with Crippen LogP contribution in [0.4, 0.5) is 4.39 Å². The van der Waals surface area contributed by atoms with Gasteiger partial charge >= 0.3 is 0 Å². The summed E-state index contributed by atoms with van der Waals surface area (Å²) in [6, 6.07) is 4.76. The number of aromatic nitrogens is 2. The molecule has 2 aromatic rings. The molecule has 0 amide bonds. The van der Waals surface area contributed by atoms with E-state index in [0.29, 0.717) is 4.77 Å². The van der Waals surface area contributed by atoms with E-state index in [9.17, 15) is 4.39 Å². The first kappa shape index (κ1) is 9.09. The van der Waals surface area contributed by atoms with Gasteiger partial charge in [0.05, 0.1) is 11.0 Å². The van der Waals surface area contributed by atoms with Gasteiger partial charge in [0.1, 0.15) is 5.82 Å². The Labute approximate surface area is 91.7 Å². The third-order valence-corrected chi connectivity index (χ3v) is 3.44. The normalized spacial score (nSPS) is 18.3. The number of nitrogens with one attached hydrogen (secondary N) is 1. The molecule has 0 saturated heterocycles. The molecule has 3 rings (SSSR count). The number of halogens is 1. The van der Waals surface area contributed by atoms with E-state index < -0.39 is 0 Å². The summed E-state index contributed by atoms with van der Waals surface area (Å²) in [6.07, 6.45) is 2.29. The van der Waals surface area contributed by atoms with Gasteiger partial charge in [-0.3, -0.25) is 0 Å². The highest BCUT2D eigenvalue weighted by atomic mass is 32.1. The Kier molecular flexibility index (Phi) is 1.63. The van der Waals surface area contributed by atoms with Crippen LogP contribution >= 0.6 is 12.2 Å². The fraction of sp³-hybridized carbons (Fsp3) is 0.364. The van der Waals surface area contributed by atoms with Crippen molar-refractivity contribution < 1.29 is 4.39 Å². The summed E-state index contributed by atoms with van der Waals surface area (Å²) >= 11 is 5.27. The lowest BCUT2D eigenvalue weighted by molar-refractivity contribution is 0.541. The molecule has 1 saturated carbocycles. The van der Waals surface area contributed by atoms with Crippen LogP contribution in [0.25, 0.3) is 11.0 Å². The number of hydrogen-bond acceptors (Lipinski definition) is 1. The number of fused-ring (bicyclic) bond motifs is 1. The second-order valence-corrected chi connectivity index (χ2v) is 4.81. The lowest BCUT2D eigenvalue weighted by Crippen LogP contribution is -2.11. The smallest absolute Gasteiger partial charge is 0.178 e. The van der Waals surface area contributed by atoms with Crippen molar-refractivity contribution in [2.75, 3.05) is 0 Å². The summed E-state index contributed by atoms with van der Waals surface area (Å²) in [5.74, 6) is -0.230. The van der Waals surface area contributed by atoms with Gasteiger partial charge in [0.15, 0.2) is 4.77 Å². The van der Waals surface area contributed by atoms with Crippen LogP contribution in [0.3, 0.4) is 0 Å². The summed E-state index contributed by atoms with van der Waals surface area (Å²) in [6.45, 7) is 2.18. The summed E-state index contributed by atoms with van der Waals surface area (Å²) in [5, 5.41) is 0. The topological polar surface area (TPSA) is 20.7 Å². The Morgan fingerprint density at radius 2 is 2.20 bits per heavy atom. The molecule has 2 nitrogen and oxygen atoms in total. The SMILES string of the molecule is CC1(n2c(=S)[nH]c3cc(F)ccc32)CC1. The van der Waals surface area contributed by atoms with Gasteiger partial charge in [-0.1, -0.05) is 0 Å². The van der Waals surface area contributed by atoms with Gasteiger partial charge in [0.25, 0.3) is 0 Å². The minimum atomic E-state index is -0.230. The molecule has 15 heavy (non-hydrogen) atoms. The quantitative estimate of drug-likeness (QED) is 0.734. The zero-order valence-corrected chi connectivity index (χ0v) is 9.20. The maximum atomic E-state index is 13.0. The molecule has 78 valence electrons. The van der Waals surface area contributed by atoms with Crippen LogP contribution in [0.2, 0.25) is 0 Å². The van der Waals surface area contributed by atoms with E-state index in [-0.39, 0.29) is 11.4 Å². The maximum Gasteiger partial charge on any atom is 0.178 e. The molecule has 1 fully saturated rings. The molecule has 0 bridgehead atoms. The standard InChI is InChI=1S/C11H11FN2S/c1-11(4-5-11)14-9-3-2-7(12)6-8(9)13-10(14)15/h2-3,6H,4-5H2,1H3,(H,13,15). The number of nitrogens with zero attached hydrogens (tertiary/aromatic N) is 1. The summed E-state index contributed by atoms with van der Waals surface area (Å²) < 4.78 is 15.8. The highest BCUT2D eigenvalue weighted by molar-refractivity contribution is 7.71. The molecule has 0 spiro atoms. The monoisotopic (exact) mass is 222 g/mol. The van der Waals surface area contributed by atoms with Gasteiger partial charge in [-0.15, -0.1) is 0 Å². The fourth-order valence-corrected chi connectivity index (χ4v) is 2.45. The average molecular weight is 222 g/mol. The van der Waals surface area contributed by atoms with Crippen LogP contribution in [0.1, 0.15) is 19.8 Å². The number of imidazole rings is 1. The Bertz CT molecular complexity index is 592. The Morgan fingerprint density at radius 3 is 2.87 bits per heavy atom. The first-order valence-corrected chi connectivity index (χ1v) is 5.42. The Morgan fingerprint density at radius 1 is 1.47 bits per heavy atom. The molecule has 1 N–H and O–H groups in total. The summed E-state index contributed by atoms with van der Waals surface area (Å²) in [4.78, 5) is 3.05. The molecule has 1 aromatic carbocycles. The number of rotatable bonds is 1. The lowest BCUT2D eigenvalue weighted by Gasteiger charge is -2.11. The summed E-state index contributed by atoms with van der Waals surface area (Å²) in [5.41, 5.74) is 1.93. The van der Waals surface area contributed by atoms with E-state index in [2.05, 4.69) is 16.5 Å². The van der Waals surface area contributed by atoms with Crippen LogP contribution in [0.15, 0.2) is 18.2 Å². The van der Waals surface area contributed by atoms with Gasteiger partial charge in [0.2, 0.25) is 0 Å². The van der Waals surface area contributed by atoms with E-state index in [1.165, 1.54) is 12.1 Å². The Balaban J connectivity index is 2.38. The number of aromatic amines is 1. The van der Waals surface area contributed by atoms with Gasteiger partial charge in [-0.05, 0) is 50.2 Å². The third-order valence-electron chi connectivity index (χ3n) is 3.16. The fourth-order valence-electron chi connectivity index (χ4n) is 2.02. The second-order valence-electron chi connectivity index (χ2n) is 4.42. The molecule has 1 aromatic heterocycles. The molecule has 0 atom stereocenters. The van der Waals surface area contributed by atoms with Crippen molar-refractivity contribution in [1.82, 2.24) is 9.55 Å². The van der Waals surface area contributed by atoms with Crippen LogP contribution < -0.4 is 0 Å². The van der Waals surface area contributed by atoms with Crippen LogP contribution in [-0.2, 0) is 5.54 Å². The number of hydrogen-bond donors (Lipinski definition) is 1. The van der Waals surface area contributed by atoms with Crippen molar-refractivity contribution in [2.24, 2.45) is 0 Å². The van der Waals surface area contributed by atoms with E-state index in [1.54, 1.807) is 6.07 Å². The molecule has 1 aliphatic rings. The van der Waals surface area contributed by atoms with E-state index >= 15 is 0 Å².